The van der Waals surface area contributed by atoms with Gasteiger partial charge in [-0.1, -0.05) is 104 Å². The predicted octanol–water partition coefficient (Wildman–Crippen LogP) is 7.91. The fraction of sp³-hybridized carbons (Fsp3) is 0.923. The second kappa shape index (κ2) is 19.2. The van der Waals surface area contributed by atoms with E-state index in [-0.39, 0.29) is 11.8 Å². The Morgan fingerprint density at radius 2 is 1.17 bits per heavy atom. The van der Waals surface area contributed by atoms with Gasteiger partial charge in [-0.3, -0.25) is 14.5 Å². The maximum absolute atomic E-state index is 12.0. The highest BCUT2D eigenvalue weighted by Crippen LogP contribution is 2.20. The minimum absolute atomic E-state index is 0.0396. The van der Waals surface area contributed by atoms with Gasteiger partial charge in [-0.15, -0.1) is 0 Å². The van der Waals surface area contributed by atoms with Crippen molar-refractivity contribution >= 4 is 23.6 Å². The van der Waals surface area contributed by atoms with Crippen molar-refractivity contribution in [2.24, 2.45) is 0 Å². The molecule has 1 heterocycles. The van der Waals surface area contributed by atoms with Gasteiger partial charge in [-0.25, -0.2) is 0 Å². The van der Waals surface area contributed by atoms with E-state index in [0.29, 0.717) is 24.6 Å². The van der Waals surface area contributed by atoms with Crippen molar-refractivity contribution in [2.45, 2.75) is 141 Å². The molecule has 0 radical (unpaired) electrons. The number of rotatable bonds is 19. The number of likely N-dealkylation sites (tertiary alicyclic amines) is 1. The molecule has 3 nitrogen and oxygen atoms in total. The normalized spacial score (nSPS) is 16.1. The van der Waals surface area contributed by atoms with Gasteiger partial charge in [-0.05, 0) is 19.3 Å². The minimum Gasteiger partial charge on any atom is -0.282 e. The van der Waals surface area contributed by atoms with Crippen molar-refractivity contribution in [2.75, 3.05) is 12.3 Å². The van der Waals surface area contributed by atoms with Crippen molar-refractivity contribution in [3.05, 3.63) is 0 Å². The molecule has 1 aliphatic heterocycles. The summed E-state index contributed by atoms with van der Waals surface area (Å²) in [5.41, 5.74) is 0. The van der Waals surface area contributed by atoms with Gasteiger partial charge < -0.3 is 0 Å². The molecule has 1 unspecified atom stereocenters. The van der Waals surface area contributed by atoms with Crippen LogP contribution in [-0.2, 0) is 9.59 Å². The molecule has 0 aromatic rings. The smallest absolute Gasteiger partial charge is 0.229 e. The fourth-order valence-electron chi connectivity index (χ4n) is 4.27. The monoisotopic (exact) mass is 439 g/mol. The van der Waals surface area contributed by atoms with Crippen molar-refractivity contribution < 1.29 is 9.59 Å². The number of carbonyl (C=O) groups excluding carboxylic acids is 2. The number of carbonyl (C=O) groups is 2. The van der Waals surface area contributed by atoms with Gasteiger partial charge in [0.2, 0.25) is 11.8 Å². The topological polar surface area (TPSA) is 37.4 Å². The van der Waals surface area contributed by atoms with E-state index in [9.17, 15) is 9.59 Å². The second-order valence-electron chi connectivity index (χ2n) is 9.21. The van der Waals surface area contributed by atoms with Gasteiger partial charge in [0.1, 0.15) is 0 Å². The molecule has 0 aliphatic carbocycles. The summed E-state index contributed by atoms with van der Waals surface area (Å²) in [6.07, 6.45) is 23.8. The van der Waals surface area contributed by atoms with Crippen LogP contribution in [0.4, 0.5) is 0 Å². The largest absolute Gasteiger partial charge is 0.282 e. The standard InChI is InChI=1S/C26H49NO2S/c1-3-4-5-6-7-8-9-10-11-12-13-14-15-16-19-24(2)30-23-22-27-25(28)20-17-18-21-26(27)29/h24H,3-23H2,1-2H3. The van der Waals surface area contributed by atoms with Crippen LogP contribution in [0.1, 0.15) is 136 Å². The lowest BCUT2D eigenvalue weighted by atomic mass is 10.0. The number of amides is 2. The van der Waals surface area contributed by atoms with Crippen LogP contribution in [-0.4, -0.2) is 34.3 Å². The first-order valence-electron chi connectivity index (χ1n) is 13.1. The first-order chi connectivity index (χ1) is 14.6. The van der Waals surface area contributed by atoms with Crippen LogP contribution < -0.4 is 0 Å². The third kappa shape index (κ3) is 14.5. The van der Waals surface area contributed by atoms with E-state index >= 15 is 0 Å². The van der Waals surface area contributed by atoms with Crippen LogP contribution in [0.5, 0.6) is 0 Å². The van der Waals surface area contributed by atoms with Gasteiger partial charge >= 0.3 is 0 Å². The van der Waals surface area contributed by atoms with Gasteiger partial charge in [0.25, 0.3) is 0 Å². The highest BCUT2D eigenvalue weighted by atomic mass is 32.2. The number of thioether (sulfide) groups is 1. The SMILES string of the molecule is CCCCCCCCCCCCCCCCC(C)SCCN1C(=O)CCCCC1=O. The summed E-state index contributed by atoms with van der Waals surface area (Å²) in [6, 6.07) is 0. The van der Waals surface area contributed by atoms with Crippen LogP contribution in [0.25, 0.3) is 0 Å². The van der Waals surface area contributed by atoms with E-state index < -0.39 is 0 Å². The molecule has 0 spiro atoms. The fourth-order valence-corrected chi connectivity index (χ4v) is 5.29. The van der Waals surface area contributed by atoms with Crippen molar-refractivity contribution in [1.82, 2.24) is 4.90 Å². The molecule has 0 N–H and O–H groups in total. The molecule has 1 fully saturated rings. The maximum Gasteiger partial charge on any atom is 0.229 e. The van der Waals surface area contributed by atoms with Crippen LogP contribution in [0.3, 0.4) is 0 Å². The van der Waals surface area contributed by atoms with Gasteiger partial charge in [0, 0.05) is 30.4 Å². The molecule has 0 bridgehead atoms. The molecule has 30 heavy (non-hydrogen) atoms. The zero-order chi connectivity index (χ0) is 21.9. The van der Waals surface area contributed by atoms with E-state index in [1.807, 2.05) is 11.8 Å². The van der Waals surface area contributed by atoms with E-state index in [1.54, 1.807) is 0 Å². The highest BCUT2D eigenvalue weighted by molar-refractivity contribution is 7.99. The highest BCUT2D eigenvalue weighted by Gasteiger charge is 2.23. The maximum atomic E-state index is 12.0. The number of hydrogen-bond acceptors (Lipinski definition) is 3. The average molecular weight is 440 g/mol. The van der Waals surface area contributed by atoms with E-state index in [2.05, 4.69) is 13.8 Å². The number of hydrogen-bond donors (Lipinski definition) is 0. The summed E-state index contributed by atoms with van der Waals surface area (Å²) in [4.78, 5) is 25.5. The number of nitrogens with zero attached hydrogens (tertiary/aromatic N) is 1. The molecule has 1 saturated heterocycles. The zero-order valence-corrected chi connectivity index (χ0v) is 20.9. The van der Waals surface area contributed by atoms with Gasteiger partial charge in [0.05, 0.1) is 0 Å². The van der Waals surface area contributed by atoms with E-state index in [0.717, 1.165) is 18.6 Å². The Bertz CT molecular complexity index is 423. The van der Waals surface area contributed by atoms with Crippen LogP contribution >= 0.6 is 11.8 Å². The molecule has 1 rings (SSSR count). The van der Waals surface area contributed by atoms with E-state index in [4.69, 9.17) is 0 Å². The number of imide groups is 1. The molecular formula is C26H49NO2S. The van der Waals surface area contributed by atoms with E-state index in [1.165, 1.54) is 101 Å². The Balaban J connectivity index is 1.86. The van der Waals surface area contributed by atoms with Crippen molar-refractivity contribution in [1.29, 1.82) is 0 Å². The molecule has 0 aromatic carbocycles. The van der Waals surface area contributed by atoms with Gasteiger partial charge in [0.15, 0.2) is 0 Å². The Morgan fingerprint density at radius 3 is 1.63 bits per heavy atom. The van der Waals surface area contributed by atoms with Crippen LogP contribution in [0.15, 0.2) is 0 Å². The Hall–Kier alpha value is -0.510. The first kappa shape index (κ1) is 27.5. The molecule has 2 amide bonds. The summed E-state index contributed by atoms with van der Waals surface area (Å²) < 4.78 is 0. The number of unbranched alkanes of at least 4 members (excludes halogenated alkanes) is 13. The molecule has 4 heteroatoms. The average Bonchev–Trinajstić information content (AvgIpc) is 2.89. The summed E-state index contributed by atoms with van der Waals surface area (Å²) in [5.74, 6) is 0.965. The molecule has 0 saturated carbocycles. The van der Waals surface area contributed by atoms with Crippen molar-refractivity contribution in [3.8, 4) is 0 Å². The lowest BCUT2D eigenvalue weighted by molar-refractivity contribution is -0.143. The molecule has 1 atom stereocenters. The quantitative estimate of drug-likeness (QED) is 0.151. The Labute approximate surface area is 191 Å². The molecule has 1 aliphatic rings. The molecular weight excluding hydrogens is 390 g/mol. The van der Waals surface area contributed by atoms with Crippen LogP contribution in [0.2, 0.25) is 0 Å². The van der Waals surface area contributed by atoms with Crippen molar-refractivity contribution in [3.63, 3.8) is 0 Å². The molecule has 0 aromatic heterocycles. The Kier molecular flexibility index (Phi) is 17.6. The second-order valence-corrected chi connectivity index (χ2v) is 10.8. The third-order valence-corrected chi connectivity index (χ3v) is 7.54. The first-order valence-corrected chi connectivity index (χ1v) is 14.1. The summed E-state index contributed by atoms with van der Waals surface area (Å²) in [6.45, 7) is 5.18. The third-order valence-electron chi connectivity index (χ3n) is 6.31. The predicted molar refractivity (Wildman–Crippen MR) is 132 cm³/mol. The lowest BCUT2D eigenvalue weighted by Crippen LogP contribution is -2.37. The lowest BCUT2D eigenvalue weighted by Gasteiger charge is -2.19. The molecule has 176 valence electrons. The minimum atomic E-state index is 0.0396. The Morgan fingerprint density at radius 1 is 0.733 bits per heavy atom. The van der Waals surface area contributed by atoms with Crippen LogP contribution in [0, 0.1) is 0 Å². The summed E-state index contributed by atoms with van der Waals surface area (Å²) in [5, 5.41) is 0.625. The summed E-state index contributed by atoms with van der Waals surface area (Å²) >= 11 is 1.92. The van der Waals surface area contributed by atoms with Gasteiger partial charge in [-0.2, -0.15) is 11.8 Å². The zero-order valence-electron chi connectivity index (χ0n) is 20.1. The summed E-state index contributed by atoms with van der Waals surface area (Å²) in [7, 11) is 0.